The number of carbonyl (C=O) groups excluding carboxylic acids is 1. The van der Waals surface area contributed by atoms with Crippen molar-refractivity contribution in [1.29, 1.82) is 0 Å². The molecule has 0 unspecified atom stereocenters. The average Bonchev–Trinajstić information content (AvgIpc) is 2.33. The van der Waals surface area contributed by atoms with E-state index in [0.29, 0.717) is 18.5 Å². The van der Waals surface area contributed by atoms with Crippen molar-refractivity contribution in [3.63, 3.8) is 0 Å². The van der Waals surface area contributed by atoms with Gasteiger partial charge in [-0.1, -0.05) is 19.1 Å². The van der Waals surface area contributed by atoms with Gasteiger partial charge in [-0.3, -0.25) is 4.79 Å². The molecule has 0 aliphatic rings. The minimum Gasteiger partial charge on any atom is -0.352 e. The number of amides is 1. The number of hydrogen-bond acceptors (Lipinski definition) is 3. The minimum absolute atomic E-state index is 0.123. The maximum absolute atomic E-state index is 11.7. The van der Waals surface area contributed by atoms with E-state index in [9.17, 15) is 13.2 Å². The zero-order valence-electron chi connectivity index (χ0n) is 10.3. The van der Waals surface area contributed by atoms with Crippen molar-refractivity contribution in [3.8, 4) is 0 Å². The SMILES string of the molecule is CCc1ccc(C(=O)NCCCS(N)(=O)=O)cc1. The van der Waals surface area contributed by atoms with Crippen molar-refractivity contribution in [2.24, 2.45) is 5.14 Å². The molecule has 0 aliphatic heterocycles. The van der Waals surface area contributed by atoms with Gasteiger partial charge in [0.05, 0.1) is 5.75 Å². The number of carbonyl (C=O) groups is 1. The fraction of sp³-hybridized carbons (Fsp3) is 0.417. The van der Waals surface area contributed by atoms with Crippen LogP contribution in [0.5, 0.6) is 0 Å². The van der Waals surface area contributed by atoms with Crippen LogP contribution >= 0.6 is 0 Å². The van der Waals surface area contributed by atoms with Crippen LogP contribution in [-0.4, -0.2) is 26.6 Å². The number of nitrogens with two attached hydrogens (primary N) is 1. The molecule has 0 aliphatic carbocycles. The Morgan fingerprint density at radius 3 is 2.39 bits per heavy atom. The molecule has 0 saturated carbocycles. The summed E-state index contributed by atoms with van der Waals surface area (Å²) in [5.41, 5.74) is 1.74. The number of aryl methyl sites for hydroxylation is 1. The van der Waals surface area contributed by atoms with Crippen LogP contribution in [0.1, 0.15) is 29.3 Å². The molecule has 6 heteroatoms. The maximum Gasteiger partial charge on any atom is 0.251 e. The summed E-state index contributed by atoms with van der Waals surface area (Å²) in [6.45, 7) is 2.34. The normalized spacial score (nSPS) is 11.2. The first-order chi connectivity index (χ1) is 8.42. The molecular weight excluding hydrogens is 252 g/mol. The monoisotopic (exact) mass is 270 g/mol. The van der Waals surface area contributed by atoms with Crippen molar-refractivity contribution in [2.75, 3.05) is 12.3 Å². The van der Waals surface area contributed by atoms with E-state index < -0.39 is 10.0 Å². The molecule has 0 saturated heterocycles. The Balaban J connectivity index is 2.40. The van der Waals surface area contributed by atoms with Crippen LogP contribution in [0.3, 0.4) is 0 Å². The van der Waals surface area contributed by atoms with Gasteiger partial charge in [-0.15, -0.1) is 0 Å². The Kier molecular flexibility index (Phi) is 5.30. The van der Waals surface area contributed by atoms with E-state index in [1.165, 1.54) is 5.56 Å². The molecule has 0 heterocycles. The molecular formula is C12H18N2O3S. The largest absolute Gasteiger partial charge is 0.352 e. The molecule has 0 fully saturated rings. The number of hydrogen-bond donors (Lipinski definition) is 2. The molecule has 5 nitrogen and oxygen atoms in total. The number of rotatable bonds is 6. The minimum atomic E-state index is -3.45. The summed E-state index contributed by atoms with van der Waals surface area (Å²) >= 11 is 0. The molecule has 18 heavy (non-hydrogen) atoms. The molecule has 0 bridgehead atoms. The lowest BCUT2D eigenvalue weighted by Gasteiger charge is -2.05. The highest BCUT2D eigenvalue weighted by Gasteiger charge is 2.06. The number of primary sulfonamides is 1. The summed E-state index contributed by atoms with van der Waals surface area (Å²) in [6.07, 6.45) is 1.24. The fourth-order valence-electron chi connectivity index (χ4n) is 1.47. The van der Waals surface area contributed by atoms with Crippen LogP contribution in [0.25, 0.3) is 0 Å². The van der Waals surface area contributed by atoms with Gasteiger partial charge in [0.1, 0.15) is 0 Å². The molecule has 0 aromatic heterocycles. The standard InChI is InChI=1S/C12H18N2O3S/c1-2-10-4-6-11(7-5-10)12(15)14-8-3-9-18(13,16)17/h4-7H,2-3,8-9H2,1H3,(H,14,15)(H2,13,16,17). The van der Waals surface area contributed by atoms with Crippen LogP contribution in [0.4, 0.5) is 0 Å². The van der Waals surface area contributed by atoms with Crippen LogP contribution in [0.2, 0.25) is 0 Å². The Bertz CT molecular complexity index is 495. The highest BCUT2D eigenvalue weighted by molar-refractivity contribution is 7.89. The molecule has 0 spiro atoms. The Hall–Kier alpha value is -1.40. The van der Waals surface area contributed by atoms with E-state index in [1.807, 2.05) is 19.1 Å². The van der Waals surface area contributed by atoms with E-state index in [1.54, 1.807) is 12.1 Å². The summed E-state index contributed by atoms with van der Waals surface area (Å²) in [4.78, 5) is 11.7. The summed E-state index contributed by atoms with van der Waals surface area (Å²) in [5.74, 6) is -0.325. The molecule has 1 amide bonds. The predicted octanol–water partition coefficient (Wildman–Crippen LogP) is 0.657. The van der Waals surface area contributed by atoms with Crippen molar-refractivity contribution < 1.29 is 13.2 Å². The van der Waals surface area contributed by atoms with E-state index in [0.717, 1.165) is 6.42 Å². The van der Waals surface area contributed by atoms with Gasteiger partial charge in [-0.05, 0) is 30.5 Å². The molecule has 100 valence electrons. The van der Waals surface area contributed by atoms with Crippen molar-refractivity contribution in [1.82, 2.24) is 5.32 Å². The Morgan fingerprint density at radius 1 is 1.28 bits per heavy atom. The van der Waals surface area contributed by atoms with E-state index in [2.05, 4.69) is 5.32 Å². The van der Waals surface area contributed by atoms with Gasteiger partial charge in [-0.2, -0.15) is 0 Å². The maximum atomic E-state index is 11.7. The zero-order chi connectivity index (χ0) is 13.6. The fourth-order valence-corrected chi connectivity index (χ4v) is 2.02. The first-order valence-corrected chi connectivity index (χ1v) is 7.51. The quantitative estimate of drug-likeness (QED) is 0.744. The van der Waals surface area contributed by atoms with Crippen molar-refractivity contribution >= 4 is 15.9 Å². The second-order valence-electron chi connectivity index (χ2n) is 4.03. The highest BCUT2D eigenvalue weighted by Crippen LogP contribution is 2.04. The van der Waals surface area contributed by atoms with Crippen molar-refractivity contribution in [3.05, 3.63) is 35.4 Å². The topological polar surface area (TPSA) is 89.3 Å². The van der Waals surface area contributed by atoms with Gasteiger partial charge >= 0.3 is 0 Å². The first-order valence-electron chi connectivity index (χ1n) is 5.80. The summed E-state index contributed by atoms with van der Waals surface area (Å²) < 4.78 is 21.4. The Labute approximate surface area is 107 Å². The van der Waals surface area contributed by atoms with Crippen LogP contribution in [0, 0.1) is 0 Å². The van der Waals surface area contributed by atoms with Crippen LogP contribution < -0.4 is 10.5 Å². The molecule has 1 rings (SSSR count). The lowest BCUT2D eigenvalue weighted by Crippen LogP contribution is -2.27. The third-order valence-corrected chi connectivity index (χ3v) is 3.37. The smallest absolute Gasteiger partial charge is 0.251 e. The van der Waals surface area contributed by atoms with E-state index >= 15 is 0 Å². The lowest BCUT2D eigenvalue weighted by atomic mass is 10.1. The van der Waals surface area contributed by atoms with Gasteiger partial charge < -0.3 is 5.32 Å². The Morgan fingerprint density at radius 2 is 1.89 bits per heavy atom. The van der Waals surface area contributed by atoms with Crippen LogP contribution in [-0.2, 0) is 16.4 Å². The summed E-state index contributed by atoms with van der Waals surface area (Å²) in [6, 6.07) is 7.32. The second kappa shape index (κ2) is 6.51. The van der Waals surface area contributed by atoms with E-state index in [4.69, 9.17) is 5.14 Å². The molecule has 0 radical (unpaired) electrons. The second-order valence-corrected chi connectivity index (χ2v) is 5.76. The summed E-state index contributed by atoms with van der Waals surface area (Å²) in [5, 5.41) is 7.50. The summed E-state index contributed by atoms with van der Waals surface area (Å²) in [7, 11) is -3.45. The lowest BCUT2D eigenvalue weighted by molar-refractivity contribution is 0.0953. The molecule has 1 aromatic carbocycles. The predicted molar refractivity (Wildman–Crippen MR) is 70.7 cm³/mol. The third kappa shape index (κ3) is 5.29. The molecule has 3 N–H and O–H groups in total. The van der Waals surface area contributed by atoms with Crippen molar-refractivity contribution in [2.45, 2.75) is 19.8 Å². The van der Waals surface area contributed by atoms with Gasteiger partial charge in [0, 0.05) is 12.1 Å². The van der Waals surface area contributed by atoms with Gasteiger partial charge in [0.15, 0.2) is 0 Å². The van der Waals surface area contributed by atoms with Gasteiger partial charge in [0.2, 0.25) is 10.0 Å². The average molecular weight is 270 g/mol. The number of sulfonamides is 1. The number of nitrogens with one attached hydrogen (secondary N) is 1. The number of benzene rings is 1. The first kappa shape index (κ1) is 14.7. The van der Waals surface area contributed by atoms with Gasteiger partial charge in [0.25, 0.3) is 5.91 Å². The highest BCUT2D eigenvalue weighted by atomic mass is 32.2. The van der Waals surface area contributed by atoms with Crippen LogP contribution in [0.15, 0.2) is 24.3 Å². The molecule has 1 aromatic rings. The van der Waals surface area contributed by atoms with Gasteiger partial charge in [-0.25, -0.2) is 13.6 Å². The van der Waals surface area contributed by atoms with E-state index in [-0.39, 0.29) is 11.7 Å². The third-order valence-electron chi connectivity index (χ3n) is 2.52. The molecule has 0 atom stereocenters. The zero-order valence-corrected chi connectivity index (χ0v) is 11.2.